The van der Waals surface area contributed by atoms with E-state index in [0.29, 0.717) is 40.5 Å². The number of halogens is 3. The van der Waals surface area contributed by atoms with E-state index in [1.807, 2.05) is 0 Å². The fourth-order valence-electron chi connectivity index (χ4n) is 3.30. The highest BCUT2D eigenvalue weighted by Crippen LogP contribution is 2.32. The van der Waals surface area contributed by atoms with Crippen LogP contribution in [0.1, 0.15) is 18.2 Å². The Bertz CT molecular complexity index is 1050. The number of ether oxygens (including phenoxy) is 1. The molecular weight excluding hydrogens is 463 g/mol. The van der Waals surface area contributed by atoms with Gasteiger partial charge in [0.1, 0.15) is 11.6 Å². The normalized spacial score (nSPS) is 14.4. The standard InChI is InChI=1S/C21H17BrClFN2O3/c1-12(28-19-7-4-14(23)10-17(19)22)21(27)26-9-8-18-16(11-26)20(29-25-18)13-2-5-15(24)6-3-13/h2-7,10,12H,8-9,11H2,1H3. The molecule has 1 amide bonds. The highest BCUT2D eigenvalue weighted by atomic mass is 79.9. The smallest absolute Gasteiger partial charge is 0.263 e. The zero-order valence-electron chi connectivity index (χ0n) is 15.5. The van der Waals surface area contributed by atoms with Crippen molar-refractivity contribution in [2.24, 2.45) is 0 Å². The van der Waals surface area contributed by atoms with E-state index in [2.05, 4.69) is 21.1 Å². The molecule has 0 saturated carbocycles. The number of carbonyl (C=O) groups excluding carboxylic acids is 1. The lowest BCUT2D eigenvalue weighted by atomic mass is 10.0. The van der Waals surface area contributed by atoms with Gasteiger partial charge >= 0.3 is 0 Å². The van der Waals surface area contributed by atoms with Crippen molar-refractivity contribution in [3.63, 3.8) is 0 Å². The molecular formula is C21H17BrClFN2O3. The summed E-state index contributed by atoms with van der Waals surface area (Å²) >= 11 is 9.35. The van der Waals surface area contributed by atoms with Crippen LogP contribution in [0.4, 0.5) is 4.39 Å². The SMILES string of the molecule is CC(Oc1ccc(Cl)cc1Br)C(=O)N1CCc2noc(-c3ccc(F)cc3)c2C1. The van der Waals surface area contributed by atoms with Gasteiger partial charge in [0.05, 0.1) is 16.7 Å². The van der Waals surface area contributed by atoms with Crippen molar-refractivity contribution >= 4 is 33.4 Å². The van der Waals surface area contributed by atoms with E-state index >= 15 is 0 Å². The fraction of sp³-hybridized carbons (Fsp3) is 0.238. The van der Waals surface area contributed by atoms with Crippen molar-refractivity contribution in [2.45, 2.75) is 26.0 Å². The summed E-state index contributed by atoms with van der Waals surface area (Å²) in [6.45, 7) is 2.60. The van der Waals surface area contributed by atoms with Gasteiger partial charge in [-0.25, -0.2) is 4.39 Å². The molecule has 1 unspecified atom stereocenters. The fourth-order valence-corrected chi connectivity index (χ4v) is 4.07. The van der Waals surface area contributed by atoms with Gasteiger partial charge in [0.2, 0.25) is 0 Å². The largest absolute Gasteiger partial charge is 0.480 e. The van der Waals surface area contributed by atoms with Gasteiger partial charge < -0.3 is 14.2 Å². The molecule has 0 radical (unpaired) electrons. The lowest BCUT2D eigenvalue weighted by Crippen LogP contribution is -2.43. The molecule has 4 rings (SSSR count). The molecule has 0 N–H and O–H groups in total. The van der Waals surface area contributed by atoms with Gasteiger partial charge in [-0.3, -0.25) is 4.79 Å². The van der Waals surface area contributed by atoms with Crippen molar-refractivity contribution in [3.05, 3.63) is 69.0 Å². The van der Waals surface area contributed by atoms with E-state index in [1.165, 1.54) is 12.1 Å². The van der Waals surface area contributed by atoms with E-state index < -0.39 is 6.10 Å². The highest BCUT2D eigenvalue weighted by Gasteiger charge is 2.30. The summed E-state index contributed by atoms with van der Waals surface area (Å²) < 4.78 is 25.2. The van der Waals surface area contributed by atoms with E-state index in [0.717, 1.165) is 16.8 Å². The molecule has 8 heteroatoms. The van der Waals surface area contributed by atoms with Crippen molar-refractivity contribution in [1.29, 1.82) is 0 Å². The van der Waals surface area contributed by atoms with Gasteiger partial charge in [-0.1, -0.05) is 16.8 Å². The Morgan fingerprint density at radius 3 is 2.79 bits per heavy atom. The van der Waals surface area contributed by atoms with Crippen LogP contribution in [0, 0.1) is 5.82 Å². The van der Waals surface area contributed by atoms with Crippen LogP contribution in [0.15, 0.2) is 51.5 Å². The molecule has 5 nitrogen and oxygen atoms in total. The van der Waals surface area contributed by atoms with E-state index in [-0.39, 0.29) is 11.7 Å². The molecule has 1 aliphatic rings. The lowest BCUT2D eigenvalue weighted by Gasteiger charge is -2.29. The number of benzene rings is 2. The Kier molecular flexibility index (Phi) is 5.61. The third kappa shape index (κ3) is 4.16. The topological polar surface area (TPSA) is 55.6 Å². The number of hydrogen-bond donors (Lipinski definition) is 0. The van der Waals surface area contributed by atoms with Gasteiger partial charge in [0.25, 0.3) is 5.91 Å². The molecule has 0 bridgehead atoms. The number of aromatic nitrogens is 1. The molecule has 0 aliphatic carbocycles. The molecule has 1 aromatic heterocycles. The van der Waals surface area contributed by atoms with Crippen LogP contribution in [0.3, 0.4) is 0 Å². The summed E-state index contributed by atoms with van der Waals surface area (Å²) in [5, 5.41) is 4.70. The van der Waals surface area contributed by atoms with Crippen LogP contribution >= 0.6 is 27.5 Å². The highest BCUT2D eigenvalue weighted by molar-refractivity contribution is 9.10. The number of carbonyl (C=O) groups is 1. The monoisotopic (exact) mass is 478 g/mol. The van der Waals surface area contributed by atoms with Crippen molar-refractivity contribution in [2.75, 3.05) is 6.54 Å². The lowest BCUT2D eigenvalue weighted by molar-refractivity contribution is -0.138. The Morgan fingerprint density at radius 1 is 1.31 bits per heavy atom. The molecule has 2 heterocycles. The van der Waals surface area contributed by atoms with Crippen LogP contribution in [0.5, 0.6) is 5.75 Å². The predicted molar refractivity (Wildman–Crippen MR) is 110 cm³/mol. The first kappa shape index (κ1) is 19.9. The number of amides is 1. The molecule has 1 aliphatic heterocycles. The number of nitrogens with zero attached hydrogens (tertiary/aromatic N) is 2. The zero-order valence-corrected chi connectivity index (χ0v) is 17.8. The second kappa shape index (κ2) is 8.16. The van der Waals surface area contributed by atoms with Gasteiger partial charge in [0.15, 0.2) is 11.9 Å². The molecule has 1 atom stereocenters. The minimum Gasteiger partial charge on any atom is -0.480 e. The van der Waals surface area contributed by atoms with Crippen molar-refractivity contribution in [3.8, 4) is 17.1 Å². The Labute approximate surface area is 180 Å². The van der Waals surface area contributed by atoms with Crippen LogP contribution < -0.4 is 4.74 Å². The third-order valence-corrected chi connectivity index (χ3v) is 5.66. The Hall–Kier alpha value is -2.38. The van der Waals surface area contributed by atoms with E-state index in [9.17, 15) is 9.18 Å². The van der Waals surface area contributed by atoms with Gasteiger partial charge in [0, 0.05) is 29.1 Å². The summed E-state index contributed by atoms with van der Waals surface area (Å²) in [5.41, 5.74) is 2.39. The summed E-state index contributed by atoms with van der Waals surface area (Å²) in [5.74, 6) is 0.651. The first-order chi connectivity index (χ1) is 13.9. The van der Waals surface area contributed by atoms with Gasteiger partial charge in [-0.15, -0.1) is 0 Å². The van der Waals surface area contributed by atoms with Crippen LogP contribution in [0.25, 0.3) is 11.3 Å². The van der Waals surface area contributed by atoms with Gasteiger partial charge in [-0.05, 0) is 65.3 Å². The van der Waals surface area contributed by atoms with Crippen molar-refractivity contribution < 1.29 is 18.4 Å². The maximum atomic E-state index is 13.2. The first-order valence-electron chi connectivity index (χ1n) is 9.06. The summed E-state index contributed by atoms with van der Waals surface area (Å²) in [6.07, 6.45) is -0.0912. The number of fused-ring (bicyclic) bond motifs is 1. The van der Waals surface area contributed by atoms with Gasteiger partial charge in [-0.2, -0.15) is 0 Å². The van der Waals surface area contributed by atoms with Crippen LogP contribution in [-0.4, -0.2) is 28.6 Å². The molecule has 0 spiro atoms. The molecule has 29 heavy (non-hydrogen) atoms. The minimum atomic E-state index is -0.678. The number of rotatable bonds is 4. The van der Waals surface area contributed by atoms with E-state index in [1.54, 1.807) is 42.2 Å². The molecule has 0 saturated heterocycles. The molecule has 2 aromatic carbocycles. The molecule has 0 fully saturated rings. The quantitative estimate of drug-likeness (QED) is 0.513. The van der Waals surface area contributed by atoms with Crippen molar-refractivity contribution in [1.82, 2.24) is 10.1 Å². The summed E-state index contributed by atoms with van der Waals surface area (Å²) in [7, 11) is 0. The number of hydrogen-bond acceptors (Lipinski definition) is 4. The summed E-state index contributed by atoms with van der Waals surface area (Å²) in [4.78, 5) is 14.7. The summed E-state index contributed by atoms with van der Waals surface area (Å²) in [6, 6.07) is 11.2. The second-order valence-electron chi connectivity index (χ2n) is 6.79. The Balaban J connectivity index is 1.51. The third-order valence-electron chi connectivity index (χ3n) is 4.80. The average molecular weight is 480 g/mol. The maximum Gasteiger partial charge on any atom is 0.263 e. The maximum absolute atomic E-state index is 13.2. The molecule has 150 valence electrons. The predicted octanol–water partition coefficient (Wildman–Crippen LogP) is 5.25. The second-order valence-corrected chi connectivity index (χ2v) is 8.08. The zero-order chi connectivity index (χ0) is 20.5. The van der Waals surface area contributed by atoms with Crippen LogP contribution in [0.2, 0.25) is 5.02 Å². The minimum absolute atomic E-state index is 0.135. The average Bonchev–Trinajstić information content (AvgIpc) is 3.13. The van der Waals surface area contributed by atoms with Crippen LogP contribution in [-0.2, 0) is 17.8 Å². The van der Waals surface area contributed by atoms with E-state index in [4.69, 9.17) is 20.9 Å². The first-order valence-corrected chi connectivity index (χ1v) is 10.2. The molecule has 3 aromatic rings. The Morgan fingerprint density at radius 2 is 2.07 bits per heavy atom.